The summed E-state index contributed by atoms with van der Waals surface area (Å²) in [6.45, 7) is 1.53. The Labute approximate surface area is 215 Å². The second-order valence-corrected chi connectivity index (χ2v) is 11.6. The third-order valence-electron chi connectivity index (χ3n) is 7.22. The summed E-state index contributed by atoms with van der Waals surface area (Å²) in [7, 11) is 0. The number of rotatable bonds is 5. The van der Waals surface area contributed by atoms with Crippen LogP contribution in [0.3, 0.4) is 0 Å². The van der Waals surface area contributed by atoms with Crippen LogP contribution in [-0.4, -0.2) is 41.3 Å². The van der Waals surface area contributed by atoms with E-state index < -0.39 is 6.17 Å². The average molecular weight is 596 g/mol. The largest absolute Gasteiger partial charge is 0.334 e. The van der Waals surface area contributed by atoms with Crippen molar-refractivity contribution >= 4 is 55.7 Å². The molecular weight excluding hydrogens is 570 g/mol. The molecule has 2 fully saturated rings. The molecule has 0 bridgehead atoms. The van der Waals surface area contributed by atoms with E-state index in [0.717, 1.165) is 77.6 Å². The van der Waals surface area contributed by atoms with Gasteiger partial charge in [-0.3, -0.25) is 19.5 Å². The molecule has 0 radical (unpaired) electrons. The maximum atomic E-state index is 12.2. The van der Waals surface area contributed by atoms with Gasteiger partial charge in [0.1, 0.15) is 6.17 Å². The maximum Gasteiger partial charge on any atom is 0.224 e. The summed E-state index contributed by atoms with van der Waals surface area (Å²) >= 11 is 13.8. The molecule has 5 nitrogen and oxygen atoms in total. The standard InChI is InChI=1S/C25H26Br2ClN3O2/c26-18-9-17-4-3-16-10-19(28)11-20(27)22(16)23(24(17)29-12-18)14-5-7-31(8-6-14)21(13-32)30-25(33)15-1-2-15/h9-15,21,23H,1-8H2,(H,30,33)/t21?,23-/m1/s1. The zero-order valence-corrected chi connectivity index (χ0v) is 22.1. The van der Waals surface area contributed by atoms with Crippen molar-refractivity contribution in [2.75, 3.05) is 13.1 Å². The third kappa shape index (κ3) is 4.93. The van der Waals surface area contributed by atoms with E-state index in [1.54, 1.807) is 0 Å². The number of carbonyl (C=O) groups is 2. The van der Waals surface area contributed by atoms with Crippen molar-refractivity contribution in [3.8, 4) is 0 Å². The topological polar surface area (TPSA) is 62.3 Å². The molecule has 1 unspecified atom stereocenters. The normalized spacial score (nSPS) is 22.1. The number of halogens is 3. The van der Waals surface area contributed by atoms with Crippen LogP contribution in [0.1, 0.15) is 54.0 Å². The quantitative estimate of drug-likeness (QED) is 0.480. The molecule has 2 aromatic rings. The smallest absolute Gasteiger partial charge is 0.224 e. The molecule has 1 aliphatic heterocycles. The minimum Gasteiger partial charge on any atom is -0.334 e. The Morgan fingerprint density at radius 3 is 2.55 bits per heavy atom. The van der Waals surface area contributed by atoms with Crippen LogP contribution in [-0.2, 0) is 22.4 Å². The van der Waals surface area contributed by atoms with Gasteiger partial charge in [-0.2, -0.15) is 0 Å². The fraction of sp³-hybridized carbons (Fsp3) is 0.480. The number of hydrogen-bond acceptors (Lipinski definition) is 4. The second-order valence-electron chi connectivity index (χ2n) is 9.37. The molecule has 174 valence electrons. The van der Waals surface area contributed by atoms with Crippen molar-refractivity contribution in [2.45, 2.75) is 50.6 Å². The number of carbonyl (C=O) groups excluding carboxylic acids is 2. The summed E-state index contributed by atoms with van der Waals surface area (Å²) in [5.41, 5.74) is 4.99. The van der Waals surface area contributed by atoms with E-state index in [-0.39, 0.29) is 17.7 Å². The molecule has 33 heavy (non-hydrogen) atoms. The van der Waals surface area contributed by atoms with Gasteiger partial charge in [-0.05, 0) is 95.3 Å². The second kappa shape index (κ2) is 9.76. The minimum atomic E-state index is -0.535. The Morgan fingerprint density at radius 2 is 1.85 bits per heavy atom. The van der Waals surface area contributed by atoms with Crippen molar-refractivity contribution in [1.29, 1.82) is 0 Å². The maximum absolute atomic E-state index is 12.2. The van der Waals surface area contributed by atoms with E-state index >= 15 is 0 Å². The lowest BCUT2D eigenvalue weighted by molar-refractivity contribution is -0.128. The van der Waals surface area contributed by atoms with Crippen molar-refractivity contribution in [2.24, 2.45) is 11.8 Å². The Morgan fingerprint density at radius 1 is 1.12 bits per heavy atom. The molecule has 2 heterocycles. The van der Waals surface area contributed by atoms with Gasteiger partial charge in [0.2, 0.25) is 5.91 Å². The van der Waals surface area contributed by atoms with Gasteiger partial charge >= 0.3 is 0 Å². The Balaban J connectivity index is 1.42. The Kier molecular flexibility index (Phi) is 6.94. The number of aryl methyl sites for hydroxylation is 2. The molecule has 3 aliphatic rings. The molecule has 2 aliphatic carbocycles. The summed E-state index contributed by atoms with van der Waals surface area (Å²) in [5, 5.41) is 3.68. The lowest BCUT2D eigenvalue weighted by atomic mass is 9.76. The molecule has 1 saturated heterocycles. The molecule has 0 spiro atoms. The van der Waals surface area contributed by atoms with Crippen LogP contribution < -0.4 is 5.32 Å². The average Bonchev–Trinajstić information content (AvgIpc) is 3.65. The number of aldehydes is 1. The van der Waals surface area contributed by atoms with Gasteiger partial charge in [0.05, 0.1) is 5.69 Å². The van der Waals surface area contributed by atoms with Crippen molar-refractivity contribution in [3.63, 3.8) is 0 Å². The number of likely N-dealkylation sites (tertiary alicyclic amines) is 1. The fourth-order valence-electron chi connectivity index (χ4n) is 5.38. The zero-order chi connectivity index (χ0) is 23.1. The molecule has 1 aromatic carbocycles. The van der Waals surface area contributed by atoms with Crippen LogP contribution in [0.25, 0.3) is 0 Å². The van der Waals surface area contributed by atoms with Gasteiger partial charge in [-0.1, -0.05) is 27.5 Å². The number of benzene rings is 1. The molecule has 1 saturated carbocycles. The summed E-state index contributed by atoms with van der Waals surface area (Å²) in [6.07, 6.45) is 7.81. The predicted octanol–water partition coefficient (Wildman–Crippen LogP) is 5.25. The number of aromatic nitrogens is 1. The third-order valence-corrected chi connectivity index (χ3v) is 8.53. The van der Waals surface area contributed by atoms with E-state index in [4.69, 9.17) is 16.6 Å². The predicted molar refractivity (Wildman–Crippen MR) is 135 cm³/mol. The van der Waals surface area contributed by atoms with Gasteiger partial charge in [0.15, 0.2) is 6.29 Å². The number of hydrogen-bond donors (Lipinski definition) is 1. The van der Waals surface area contributed by atoms with E-state index in [9.17, 15) is 9.59 Å². The molecule has 1 aromatic heterocycles. The highest BCUT2D eigenvalue weighted by molar-refractivity contribution is 9.10. The molecule has 5 rings (SSSR count). The summed E-state index contributed by atoms with van der Waals surface area (Å²) < 4.78 is 2.04. The first-order chi connectivity index (χ1) is 15.9. The fourth-order valence-corrected chi connectivity index (χ4v) is 6.88. The number of piperidine rings is 1. The SMILES string of the molecule is O=CC(NC(=O)C1CC1)N1CCC([C@H]2c3ncc(Br)cc3CCc3cc(Cl)cc(Br)c32)CC1. The first kappa shape index (κ1) is 23.5. The van der Waals surface area contributed by atoms with Gasteiger partial charge in [0, 0.05) is 45.1 Å². The highest BCUT2D eigenvalue weighted by atomic mass is 79.9. The van der Waals surface area contributed by atoms with E-state index in [2.05, 4.69) is 54.2 Å². The van der Waals surface area contributed by atoms with E-state index in [1.165, 1.54) is 16.7 Å². The summed E-state index contributed by atoms with van der Waals surface area (Å²) in [6, 6.07) is 6.28. The molecule has 1 N–H and O–H groups in total. The van der Waals surface area contributed by atoms with Crippen LogP contribution in [0.2, 0.25) is 5.02 Å². The summed E-state index contributed by atoms with van der Waals surface area (Å²) in [5.74, 6) is 0.652. The monoisotopic (exact) mass is 593 g/mol. The van der Waals surface area contributed by atoms with Gasteiger partial charge in [-0.15, -0.1) is 0 Å². The number of fused-ring (bicyclic) bond motifs is 2. The molecule has 1 amide bonds. The molecule has 8 heteroatoms. The van der Waals surface area contributed by atoms with Crippen LogP contribution >= 0.6 is 43.5 Å². The molecular formula is C25H26Br2ClN3O2. The minimum absolute atomic E-state index is 0.0106. The first-order valence-corrected chi connectivity index (χ1v) is 13.5. The van der Waals surface area contributed by atoms with Crippen LogP contribution in [0, 0.1) is 11.8 Å². The van der Waals surface area contributed by atoms with Gasteiger partial charge in [-0.25, -0.2) is 0 Å². The number of pyridine rings is 1. The van der Waals surface area contributed by atoms with Crippen molar-refractivity contribution < 1.29 is 9.59 Å². The van der Waals surface area contributed by atoms with Crippen LogP contribution in [0.15, 0.2) is 33.3 Å². The number of amides is 1. The van der Waals surface area contributed by atoms with E-state index in [1.807, 2.05) is 12.3 Å². The lowest BCUT2D eigenvalue weighted by Crippen LogP contribution is -2.52. The first-order valence-electron chi connectivity index (χ1n) is 11.6. The number of nitrogens with one attached hydrogen (secondary N) is 1. The Bertz CT molecular complexity index is 1080. The summed E-state index contributed by atoms with van der Waals surface area (Å²) in [4.78, 5) is 31.0. The highest BCUT2D eigenvalue weighted by Gasteiger charge is 2.38. The van der Waals surface area contributed by atoms with Gasteiger partial charge in [0.25, 0.3) is 0 Å². The Hall–Kier alpha value is -1.28. The van der Waals surface area contributed by atoms with Crippen LogP contribution in [0.5, 0.6) is 0 Å². The van der Waals surface area contributed by atoms with Crippen LogP contribution in [0.4, 0.5) is 0 Å². The zero-order valence-electron chi connectivity index (χ0n) is 18.2. The van der Waals surface area contributed by atoms with Gasteiger partial charge < -0.3 is 5.32 Å². The lowest BCUT2D eigenvalue weighted by Gasteiger charge is -2.39. The van der Waals surface area contributed by atoms with Crippen molar-refractivity contribution in [1.82, 2.24) is 15.2 Å². The van der Waals surface area contributed by atoms with Crippen molar-refractivity contribution in [3.05, 3.63) is 60.7 Å². The molecule has 2 atom stereocenters. The van der Waals surface area contributed by atoms with E-state index in [0.29, 0.717) is 5.92 Å². The highest BCUT2D eigenvalue weighted by Crippen LogP contribution is 2.46. The number of nitrogens with zero attached hydrogens (tertiary/aromatic N) is 2.